The summed E-state index contributed by atoms with van der Waals surface area (Å²) in [6.07, 6.45) is 3.63. The Morgan fingerprint density at radius 3 is 2.09 bits per heavy atom. The van der Waals surface area contributed by atoms with Crippen molar-refractivity contribution in [2.24, 2.45) is 5.73 Å². The van der Waals surface area contributed by atoms with Gasteiger partial charge in [-0.25, -0.2) is 8.42 Å². The second kappa shape index (κ2) is 14.1. The zero-order valence-electron chi connectivity index (χ0n) is 24.2. The molecule has 240 valence electrons. The predicted molar refractivity (Wildman–Crippen MR) is 173 cm³/mol. The first-order valence-corrected chi connectivity index (χ1v) is 16.8. The molecule has 0 spiro atoms. The summed E-state index contributed by atoms with van der Waals surface area (Å²) in [6.45, 7) is 0.513. The van der Waals surface area contributed by atoms with Gasteiger partial charge >= 0.3 is 15.5 Å². The van der Waals surface area contributed by atoms with Gasteiger partial charge in [-0.05, 0) is 91.4 Å². The molecule has 0 radical (unpaired) electrons. The smallest absolute Gasteiger partial charge is 0.491 e. The number of alkyl halides is 3. The molecule has 1 saturated heterocycles. The third-order valence-corrected chi connectivity index (χ3v) is 10.0. The van der Waals surface area contributed by atoms with Gasteiger partial charge in [-0.3, -0.25) is 4.98 Å². The molecule has 0 saturated carbocycles. The van der Waals surface area contributed by atoms with Crippen LogP contribution >= 0.6 is 23.2 Å². The number of pyridine rings is 1. The fraction of sp³-hybridized carbons (Fsp3) is 0.344. The Labute approximate surface area is 270 Å². The summed E-state index contributed by atoms with van der Waals surface area (Å²) in [6, 6.07) is 20.8. The van der Waals surface area contributed by atoms with Gasteiger partial charge in [0.2, 0.25) is 0 Å². The Kier molecular flexibility index (Phi) is 10.4. The molecule has 45 heavy (non-hydrogen) atoms. The summed E-state index contributed by atoms with van der Waals surface area (Å²) < 4.78 is 70.0. The van der Waals surface area contributed by atoms with Crippen LogP contribution in [0.5, 0.6) is 5.75 Å². The fourth-order valence-electron chi connectivity index (χ4n) is 5.57. The van der Waals surface area contributed by atoms with Gasteiger partial charge in [0.15, 0.2) is 0 Å². The topological polar surface area (TPSA) is 97.5 Å². The number of piperidine rings is 1. The number of hydrogen-bond donors (Lipinski definition) is 2. The number of benzene rings is 3. The quantitative estimate of drug-likeness (QED) is 0.125. The molecule has 3 N–H and O–H groups in total. The van der Waals surface area contributed by atoms with Crippen LogP contribution in [0.1, 0.15) is 48.3 Å². The minimum Gasteiger partial charge on any atom is -0.491 e. The maximum atomic E-state index is 13.1. The molecule has 0 amide bonds. The number of halogens is 5. The van der Waals surface area contributed by atoms with Crippen LogP contribution in [0.25, 0.3) is 10.9 Å². The molecule has 0 unspecified atom stereocenters. The number of rotatable bonds is 11. The molecular formula is C32H33Cl2F3N4O3S. The Balaban J connectivity index is 1.54. The lowest BCUT2D eigenvalue weighted by Crippen LogP contribution is -2.47. The Morgan fingerprint density at radius 2 is 1.53 bits per heavy atom. The minimum absolute atomic E-state index is 0.208. The highest BCUT2D eigenvalue weighted by Gasteiger charge is 2.50. The summed E-state index contributed by atoms with van der Waals surface area (Å²) in [4.78, 5) is 4.64. The highest BCUT2D eigenvalue weighted by molar-refractivity contribution is 7.90. The molecule has 1 fully saturated rings. The molecule has 5 rings (SSSR count). The van der Waals surface area contributed by atoms with Gasteiger partial charge < -0.3 is 15.8 Å². The van der Waals surface area contributed by atoms with E-state index in [0.29, 0.717) is 38.8 Å². The van der Waals surface area contributed by atoms with E-state index in [0.717, 1.165) is 40.6 Å². The normalized spacial score (nSPS) is 15.1. The van der Waals surface area contributed by atoms with Crippen LogP contribution < -0.4 is 15.8 Å². The van der Waals surface area contributed by atoms with Crippen LogP contribution in [0.2, 0.25) is 10.0 Å². The van der Waals surface area contributed by atoms with Gasteiger partial charge in [0, 0.05) is 52.4 Å². The van der Waals surface area contributed by atoms with E-state index in [4.69, 9.17) is 33.7 Å². The van der Waals surface area contributed by atoms with Crippen molar-refractivity contribution in [2.45, 2.75) is 43.2 Å². The lowest BCUT2D eigenvalue weighted by atomic mass is 9.84. The van der Waals surface area contributed by atoms with Crippen LogP contribution in [0.4, 0.5) is 18.9 Å². The number of fused-ring (bicyclic) bond motifs is 1. The van der Waals surface area contributed by atoms with Gasteiger partial charge in [0.25, 0.3) is 0 Å². The van der Waals surface area contributed by atoms with Gasteiger partial charge in [-0.15, -0.1) is 0 Å². The van der Waals surface area contributed by atoms with E-state index in [1.807, 2.05) is 66.7 Å². The predicted octanol–water partition coefficient (Wildman–Crippen LogP) is 7.57. The third-order valence-electron chi connectivity index (χ3n) is 7.87. The van der Waals surface area contributed by atoms with Crippen molar-refractivity contribution in [3.05, 3.63) is 99.7 Å². The van der Waals surface area contributed by atoms with Crippen LogP contribution in [-0.2, 0) is 10.0 Å². The van der Waals surface area contributed by atoms with E-state index in [2.05, 4.69) is 10.3 Å². The first kappa shape index (κ1) is 33.3. The van der Waals surface area contributed by atoms with Crippen molar-refractivity contribution in [3.8, 4) is 5.75 Å². The zero-order valence-corrected chi connectivity index (χ0v) is 26.6. The first-order valence-electron chi connectivity index (χ1n) is 14.6. The molecule has 1 aromatic heterocycles. The molecule has 0 atom stereocenters. The maximum absolute atomic E-state index is 13.1. The van der Waals surface area contributed by atoms with E-state index in [1.54, 1.807) is 6.20 Å². The molecule has 2 heterocycles. The number of hydrogen-bond acceptors (Lipinski definition) is 6. The largest absolute Gasteiger partial charge is 0.511 e. The highest BCUT2D eigenvalue weighted by atomic mass is 35.5. The summed E-state index contributed by atoms with van der Waals surface area (Å²) in [7, 11) is -5.37. The molecule has 1 aliphatic heterocycles. The van der Waals surface area contributed by atoms with Crippen molar-refractivity contribution in [3.63, 3.8) is 0 Å². The summed E-state index contributed by atoms with van der Waals surface area (Å²) >= 11 is 12.5. The monoisotopic (exact) mass is 680 g/mol. The van der Waals surface area contributed by atoms with Crippen molar-refractivity contribution in [1.82, 2.24) is 9.29 Å². The summed E-state index contributed by atoms with van der Waals surface area (Å²) in [5, 5.41) is 5.44. The van der Waals surface area contributed by atoms with Crippen molar-refractivity contribution < 1.29 is 26.3 Å². The number of ether oxygens (including phenoxy) is 1. The van der Waals surface area contributed by atoms with Crippen molar-refractivity contribution in [2.75, 3.05) is 31.6 Å². The van der Waals surface area contributed by atoms with E-state index in [1.165, 1.54) is 0 Å². The molecule has 4 aromatic rings. The molecule has 0 bridgehead atoms. The van der Waals surface area contributed by atoms with Gasteiger partial charge in [0.1, 0.15) is 11.3 Å². The number of sulfonamides is 1. The maximum Gasteiger partial charge on any atom is 0.511 e. The van der Waals surface area contributed by atoms with Gasteiger partial charge in [-0.2, -0.15) is 17.5 Å². The molecular weight excluding hydrogens is 648 g/mol. The van der Waals surface area contributed by atoms with E-state index in [9.17, 15) is 21.6 Å². The summed E-state index contributed by atoms with van der Waals surface area (Å²) in [5.41, 5.74) is 4.61. The van der Waals surface area contributed by atoms with Crippen LogP contribution in [0, 0.1) is 0 Å². The minimum atomic E-state index is -5.37. The number of aromatic nitrogens is 1. The average molecular weight is 682 g/mol. The lowest BCUT2D eigenvalue weighted by Gasteiger charge is -2.32. The van der Waals surface area contributed by atoms with Crippen LogP contribution in [0.3, 0.4) is 0 Å². The first-order chi connectivity index (χ1) is 21.5. The van der Waals surface area contributed by atoms with Crippen molar-refractivity contribution >= 4 is 49.8 Å². The Hall–Kier alpha value is -3.09. The van der Waals surface area contributed by atoms with Crippen molar-refractivity contribution in [1.29, 1.82) is 0 Å². The molecule has 3 aromatic carbocycles. The number of unbranched alkanes of at least 4 members (excludes halogenated alkanes) is 1. The number of anilines is 1. The Bertz CT molecular complexity index is 1670. The molecule has 13 heteroatoms. The van der Waals surface area contributed by atoms with E-state index < -0.39 is 15.5 Å². The van der Waals surface area contributed by atoms with Gasteiger partial charge in [0.05, 0.1) is 6.61 Å². The van der Waals surface area contributed by atoms with E-state index >= 15 is 0 Å². The zero-order chi connectivity index (χ0) is 32.2. The second-order valence-electron chi connectivity index (χ2n) is 10.9. The SMILES string of the molecule is NCCCCOc1cc(C(c2ccc(Cl)cc2)c2ccc(Cl)cc2)cc2c(NC3CCN(S(=O)(=O)C(F)(F)F)CC3)ccnc12. The standard InChI is InChI=1S/C32H33Cl2F3N4O3S/c33-24-7-3-21(4-8-24)30(22-5-9-25(34)10-6-22)23-19-27-28(11-15-39-31(27)29(20-23)44-18-2-1-14-38)40-26-12-16-41(17-13-26)45(42,43)32(35,36)37/h3-11,15,19-20,26,30H,1-2,12-14,16-18,38H2,(H,39,40). The average Bonchev–Trinajstić information content (AvgIpc) is 3.01. The number of nitrogens with two attached hydrogens (primary N) is 1. The lowest BCUT2D eigenvalue weighted by molar-refractivity contribution is -0.0494. The van der Waals surface area contributed by atoms with Gasteiger partial charge in [-0.1, -0.05) is 47.5 Å². The highest BCUT2D eigenvalue weighted by Crippen LogP contribution is 2.40. The fourth-order valence-corrected chi connectivity index (χ4v) is 6.81. The van der Waals surface area contributed by atoms with Crippen LogP contribution in [-0.4, -0.2) is 55.5 Å². The molecule has 1 aliphatic rings. The summed E-state index contributed by atoms with van der Waals surface area (Å²) in [5.74, 6) is 0.362. The van der Waals surface area contributed by atoms with E-state index in [-0.39, 0.29) is 37.9 Å². The Morgan fingerprint density at radius 1 is 0.933 bits per heavy atom. The molecule has 7 nitrogen and oxygen atoms in total. The second-order valence-corrected chi connectivity index (χ2v) is 13.7. The number of nitrogens with zero attached hydrogens (tertiary/aromatic N) is 2. The van der Waals surface area contributed by atoms with Crippen LogP contribution in [0.15, 0.2) is 72.9 Å². The third kappa shape index (κ3) is 7.66. The number of nitrogens with one attached hydrogen (secondary N) is 1. The molecule has 0 aliphatic carbocycles.